The molecule has 5 nitrogen and oxygen atoms in total. The molecule has 2 N–H and O–H groups in total. The molecule has 0 aromatic carbocycles. The summed E-state index contributed by atoms with van der Waals surface area (Å²) in [4.78, 5) is 13.9. The first kappa shape index (κ1) is 15.7. The van der Waals surface area contributed by atoms with Gasteiger partial charge in [0.05, 0.1) is 17.2 Å². The van der Waals surface area contributed by atoms with Gasteiger partial charge in [-0.15, -0.1) is 11.3 Å². The summed E-state index contributed by atoms with van der Waals surface area (Å²) < 4.78 is 0. The molecule has 7 heteroatoms. The summed E-state index contributed by atoms with van der Waals surface area (Å²) >= 11 is 7.47. The van der Waals surface area contributed by atoms with Crippen LogP contribution in [0.4, 0.5) is 0 Å². The zero-order chi connectivity index (χ0) is 15.2. The highest BCUT2D eigenvalue weighted by molar-refractivity contribution is 7.11. The van der Waals surface area contributed by atoms with Gasteiger partial charge < -0.3 is 10.6 Å². The van der Waals surface area contributed by atoms with Crippen molar-refractivity contribution in [3.05, 3.63) is 44.6 Å². The van der Waals surface area contributed by atoms with Gasteiger partial charge in [-0.3, -0.25) is 4.99 Å². The van der Waals surface area contributed by atoms with Gasteiger partial charge in [-0.1, -0.05) is 17.7 Å². The molecule has 0 bridgehead atoms. The number of aliphatic imine (C=N–C) groups is 1. The highest BCUT2D eigenvalue weighted by Gasteiger charge is 2.05. The second-order valence-electron chi connectivity index (χ2n) is 4.51. The number of nitrogens with one attached hydrogen (secondary N) is 2. The molecule has 2 aromatic heterocycles. The number of guanidine groups is 1. The van der Waals surface area contributed by atoms with Gasteiger partial charge in [0, 0.05) is 24.7 Å². The minimum atomic E-state index is 0.497. The van der Waals surface area contributed by atoms with E-state index in [2.05, 4.69) is 25.6 Å². The SMILES string of the molecule is CN=C(NCc1ccc(Cl)nc1)NCc1sc(C)nc1C. The lowest BCUT2D eigenvalue weighted by molar-refractivity contribution is 0.809. The molecule has 0 amide bonds. The lowest BCUT2D eigenvalue weighted by atomic mass is 10.3. The molecule has 0 saturated heterocycles. The number of hydrogen-bond acceptors (Lipinski definition) is 4. The van der Waals surface area contributed by atoms with Crippen molar-refractivity contribution in [2.45, 2.75) is 26.9 Å². The largest absolute Gasteiger partial charge is 0.352 e. The predicted molar refractivity (Wildman–Crippen MR) is 87.9 cm³/mol. The van der Waals surface area contributed by atoms with E-state index in [1.807, 2.05) is 19.9 Å². The van der Waals surface area contributed by atoms with E-state index in [4.69, 9.17) is 11.6 Å². The van der Waals surface area contributed by atoms with Crippen LogP contribution in [-0.2, 0) is 13.1 Å². The smallest absolute Gasteiger partial charge is 0.191 e. The van der Waals surface area contributed by atoms with Crippen LogP contribution in [0.25, 0.3) is 0 Å². The van der Waals surface area contributed by atoms with Crippen molar-refractivity contribution >= 4 is 28.9 Å². The van der Waals surface area contributed by atoms with Gasteiger partial charge >= 0.3 is 0 Å². The Kier molecular flexibility index (Phi) is 5.52. The Balaban J connectivity index is 1.86. The minimum absolute atomic E-state index is 0.497. The number of halogens is 1. The maximum Gasteiger partial charge on any atom is 0.191 e. The number of aromatic nitrogens is 2. The van der Waals surface area contributed by atoms with E-state index in [-0.39, 0.29) is 0 Å². The van der Waals surface area contributed by atoms with E-state index in [1.165, 1.54) is 4.88 Å². The molecule has 112 valence electrons. The predicted octanol–water partition coefficient (Wildman–Crippen LogP) is 2.67. The van der Waals surface area contributed by atoms with E-state index >= 15 is 0 Å². The molecular weight excluding hydrogens is 306 g/mol. The molecule has 2 rings (SSSR count). The van der Waals surface area contributed by atoms with Gasteiger partial charge in [0.25, 0.3) is 0 Å². The summed E-state index contributed by atoms with van der Waals surface area (Å²) in [5.74, 6) is 0.746. The summed E-state index contributed by atoms with van der Waals surface area (Å²) in [6.07, 6.45) is 1.75. The molecule has 0 aliphatic carbocycles. The number of thiazole rings is 1. The van der Waals surface area contributed by atoms with Gasteiger partial charge in [-0.2, -0.15) is 0 Å². The van der Waals surface area contributed by atoms with Gasteiger partial charge in [0.15, 0.2) is 5.96 Å². The maximum atomic E-state index is 5.76. The second-order valence-corrected chi connectivity index (χ2v) is 6.18. The number of pyridine rings is 1. The van der Waals surface area contributed by atoms with E-state index < -0.39 is 0 Å². The summed E-state index contributed by atoms with van der Waals surface area (Å²) in [6.45, 7) is 5.40. The molecular formula is C14H18ClN5S. The zero-order valence-corrected chi connectivity index (χ0v) is 13.8. The van der Waals surface area contributed by atoms with Crippen LogP contribution in [0.2, 0.25) is 5.15 Å². The van der Waals surface area contributed by atoms with Gasteiger partial charge in [0.2, 0.25) is 0 Å². The highest BCUT2D eigenvalue weighted by Crippen LogP contribution is 2.16. The number of rotatable bonds is 4. The quantitative estimate of drug-likeness (QED) is 0.516. The van der Waals surface area contributed by atoms with Crippen LogP contribution < -0.4 is 10.6 Å². The molecule has 0 radical (unpaired) electrons. The van der Waals surface area contributed by atoms with Crippen molar-refractivity contribution in [3.8, 4) is 0 Å². The van der Waals surface area contributed by atoms with Gasteiger partial charge in [-0.25, -0.2) is 9.97 Å². The van der Waals surface area contributed by atoms with Gasteiger partial charge in [-0.05, 0) is 25.5 Å². The van der Waals surface area contributed by atoms with Crippen LogP contribution in [-0.4, -0.2) is 23.0 Å². The molecule has 0 fully saturated rings. The fourth-order valence-electron chi connectivity index (χ4n) is 1.82. The third kappa shape index (κ3) is 4.68. The first-order valence-electron chi connectivity index (χ1n) is 6.56. The maximum absolute atomic E-state index is 5.76. The van der Waals surface area contributed by atoms with E-state index in [0.29, 0.717) is 11.7 Å². The Bertz CT molecular complexity index is 621. The molecule has 2 aromatic rings. The fourth-order valence-corrected chi connectivity index (χ4v) is 2.81. The normalized spacial score (nSPS) is 11.5. The van der Waals surface area contributed by atoms with Crippen LogP contribution in [0.3, 0.4) is 0 Å². The summed E-state index contributed by atoms with van der Waals surface area (Å²) in [5, 5.41) is 8.11. The van der Waals surface area contributed by atoms with Gasteiger partial charge in [0.1, 0.15) is 5.15 Å². The van der Waals surface area contributed by atoms with Crippen molar-refractivity contribution in [1.29, 1.82) is 0 Å². The third-order valence-electron chi connectivity index (χ3n) is 2.89. The van der Waals surface area contributed by atoms with Crippen LogP contribution >= 0.6 is 22.9 Å². The molecule has 0 aliphatic heterocycles. The van der Waals surface area contributed by atoms with Crippen LogP contribution in [0.15, 0.2) is 23.3 Å². The minimum Gasteiger partial charge on any atom is -0.352 e. The standard InChI is InChI=1S/C14H18ClN5S/c1-9-12(21-10(2)20-9)8-19-14(16-3)18-7-11-4-5-13(15)17-6-11/h4-6H,7-8H2,1-3H3,(H2,16,18,19). The number of aryl methyl sites for hydroxylation is 2. The van der Waals surface area contributed by atoms with Crippen LogP contribution in [0.5, 0.6) is 0 Å². The lowest BCUT2D eigenvalue weighted by Crippen LogP contribution is -2.36. The molecule has 2 heterocycles. The van der Waals surface area contributed by atoms with E-state index in [9.17, 15) is 0 Å². The molecule has 0 aliphatic rings. The Hall–Kier alpha value is -1.66. The Morgan fingerprint density at radius 2 is 2.05 bits per heavy atom. The van der Waals surface area contributed by atoms with Crippen molar-refractivity contribution in [3.63, 3.8) is 0 Å². The zero-order valence-electron chi connectivity index (χ0n) is 12.3. The lowest BCUT2D eigenvalue weighted by Gasteiger charge is -2.11. The first-order valence-corrected chi connectivity index (χ1v) is 7.76. The van der Waals surface area contributed by atoms with Crippen molar-refractivity contribution < 1.29 is 0 Å². The molecule has 0 unspecified atom stereocenters. The van der Waals surface area contributed by atoms with E-state index in [1.54, 1.807) is 30.6 Å². The molecule has 0 atom stereocenters. The fraction of sp³-hybridized carbons (Fsp3) is 0.357. The highest BCUT2D eigenvalue weighted by atomic mass is 35.5. The first-order chi connectivity index (χ1) is 10.1. The summed E-state index contributed by atoms with van der Waals surface area (Å²) in [7, 11) is 1.75. The van der Waals surface area contributed by atoms with E-state index in [0.717, 1.165) is 28.8 Å². The topological polar surface area (TPSA) is 62.2 Å². The molecule has 0 spiro atoms. The third-order valence-corrected chi connectivity index (χ3v) is 4.18. The summed E-state index contributed by atoms with van der Waals surface area (Å²) in [5.41, 5.74) is 2.12. The molecule has 0 saturated carbocycles. The molecule has 21 heavy (non-hydrogen) atoms. The summed E-state index contributed by atoms with van der Waals surface area (Å²) in [6, 6.07) is 3.71. The Morgan fingerprint density at radius 1 is 1.29 bits per heavy atom. The number of nitrogens with zero attached hydrogens (tertiary/aromatic N) is 3. The average molecular weight is 324 g/mol. The number of hydrogen-bond donors (Lipinski definition) is 2. The van der Waals surface area contributed by atoms with Crippen molar-refractivity contribution in [2.24, 2.45) is 4.99 Å². The Labute approximate surface area is 133 Å². The van der Waals surface area contributed by atoms with Crippen LogP contribution in [0, 0.1) is 13.8 Å². The monoisotopic (exact) mass is 323 g/mol. The van der Waals surface area contributed by atoms with Crippen molar-refractivity contribution in [1.82, 2.24) is 20.6 Å². The average Bonchev–Trinajstić information content (AvgIpc) is 2.79. The van der Waals surface area contributed by atoms with Crippen LogP contribution in [0.1, 0.15) is 21.1 Å². The Morgan fingerprint density at radius 3 is 2.62 bits per heavy atom. The second kappa shape index (κ2) is 7.38. The van der Waals surface area contributed by atoms with Crippen molar-refractivity contribution in [2.75, 3.05) is 7.05 Å².